The number of likely N-dealkylation sites (N-methyl/N-ethyl adjacent to an activating group) is 1. The molecule has 0 aromatic heterocycles. The molecule has 1 saturated heterocycles. The van der Waals surface area contributed by atoms with Crippen LogP contribution in [0.3, 0.4) is 0 Å². The van der Waals surface area contributed by atoms with Crippen molar-refractivity contribution in [1.82, 2.24) is 4.90 Å². The van der Waals surface area contributed by atoms with Crippen LogP contribution >= 0.6 is 0 Å². The highest BCUT2D eigenvalue weighted by atomic mass is 16.5. The van der Waals surface area contributed by atoms with E-state index >= 15 is 0 Å². The fourth-order valence-electron chi connectivity index (χ4n) is 1.59. The van der Waals surface area contributed by atoms with E-state index in [1.807, 2.05) is 0 Å². The van der Waals surface area contributed by atoms with Gasteiger partial charge < -0.3 is 4.74 Å². The van der Waals surface area contributed by atoms with E-state index in [9.17, 15) is 0 Å². The number of rotatable bonds is 2. The molecule has 1 rings (SSSR count). The Kier molecular flexibility index (Phi) is 2.69. The van der Waals surface area contributed by atoms with E-state index in [1.54, 1.807) is 7.11 Å². The van der Waals surface area contributed by atoms with E-state index in [4.69, 9.17) is 4.74 Å². The summed E-state index contributed by atoms with van der Waals surface area (Å²) in [5.41, 5.74) is 0. The van der Waals surface area contributed by atoms with Crippen molar-refractivity contribution < 1.29 is 4.74 Å². The van der Waals surface area contributed by atoms with Gasteiger partial charge in [0.1, 0.15) is 0 Å². The van der Waals surface area contributed by atoms with Gasteiger partial charge in [0.25, 0.3) is 0 Å². The molecule has 1 heterocycles. The summed E-state index contributed by atoms with van der Waals surface area (Å²) < 4.78 is 5.10. The maximum Gasteiger partial charge on any atom is 0.0618 e. The monoisotopic (exact) mass is 143 g/mol. The second-order valence-corrected chi connectivity index (χ2v) is 3.20. The lowest BCUT2D eigenvalue weighted by Gasteiger charge is -2.22. The summed E-state index contributed by atoms with van der Waals surface area (Å²) in [6, 6.07) is 1.42. The number of hydrogen-bond donors (Lipinski definition) is 0. The highest BCUT2D eigenvalue weighted by molar-refractivity contribution is 4.81. The van der Waals surface area contributed by atoms with E-state index < -0.39 is 0 Å². The summed E-state index contributed by atoms with van der Waals surface area (Å²) in [5, 5.41) is 0. The normalized spacial score (nSPS) is 35.1. The second kappa shape index (κ2) is 3.35. The van der Waals surface area contributed by atoms with Gasteiger partial charge in [-0.25, -0.2) is 0 Å². The van der Waals surface area contributed by atoms with Crippen LogP contribution in [0.2, 0.25) is 0 Å². The molecule has 2 nitrogen and oxygen atoms in total. The molecule has 0 aliphatic carbocycles. The summed E-state index contributed by atoms with van der Waals surface area (Å²) >= 11 is 0. The second-order valence-electron chi connectivity index (χ2n) is 3.20. The Balaban J connectivity index is 2.33. The summed E-state index contributed by atoms with van der Waals surface area (Å²) in [7, 11) is 3.96. The van der Waals surface area contributed by atoms with Gasteiger partial charge in [-0.2, -0.15) is 0 Å². The molecule has 2 atom stereocenters. The summed E-state index contributed by atoms with van der Waals surface area (Å²) in [6.07, 6.45) is 2.62. The van der Waals surface area contributed by atoms with Gasteiger partial charge in [-0.1, -0.05) is 0 Å². The van der Waals surface area contributed by atoms with Gasteiger partial charge in [-0.15, -0.1) is 0 Å². The summed E-state index contributed by atoms with van der Waals surface area (Å²) in [4.78, 5) is 2.41. The maximum absolute atomic E-state index is 5.10. The van der Waals surface area contributed by atoms with Crippen LogP contribution in [0.4, 0.5) is 0 Å². The highest BCUT2D eigenvalue weighted by Gasteiger charge is 2.26. The van der Waals surface area contributed by atoms with Crippen molar-refractivity contribution in [3.8, 4) is 0 Å². The van der Waals surface area contributed by atoms with E-state index in [-0.39, 0.29) is 0 Å². The Morgan fingerprint density at radius 1 is 1.50 bits per heavy atom. The molecule has 10 heavy (non-hydrogen) atoms. The van der Waals surface area contributed by atoms with Crippen molar-refractivity contribution in [2.24, 2.45) is 0 Å². The Morgan fingerprint density at radius 3 is 2.60 bits per heavy atom. The largest absolute Gasteiger partial charge is 0.383 e. The Hall–Kier alpha value is -0.0800. The van der Waals surface area contributed by atoms with Crippen molar-refractivity contribution in [2.75, 3.05) is 20.8 Å². The van der Waals surface area contributed by atoms with Crippen LogP contribution in [0.1, 0.15) is 19.8 Å². The molecule has 0 aromatic rings. The summed E-state index contributed by atoms with van der Waals surface area (Å²) in [5.74, 6) is 0. The Bertz CT molecular complexity index is 103. The van der Waals surface area contributed by atoms with Crippen LogP contribution in [0.5, 0.6) is 0 Å². The predicted octanol–water partition coefficient (Wildman–Crippen LogP) is 1.12. The van der Waals surface area contributed by atoms with Crippen LogP contribution in [-0.4, -0.2) is 37.7 Å². The van der Waals surface area contributed by atoms with Crippen LogP contribution in [0.15, 0.2) is 0 Å². The first-order valence-corrected chi connectivity index (χ1v) is 3.96. The molecule has 60 valence electrons. The zero-order chi connectivity index (χ0) is 7.56. The fraction of sp³-hybridized carbons (Fsp3) is 1.00. The quantitative estimate of drug-likeness (QED) is 0.574. The third-order valence-corrected chi connectivity index (χ3v) is 2.55. The molecule has 0 N–H and O–H groups in total. The zero-order valence-corrected chi connectivity index (χ0v) is 7.13. The van der Waals surface area contributed by atoms with Crippen molar-refractivity contribution >= 4 is 0 Å². The van der Waals surface area contributed by atoms with Gasteiger partial charge in [0.15, 0.2) is 0 Å². The molecule has 2 heteroatoms. The Morgan fingerprint density at radius 2 is 2.20 bits per heavy atom. The minimum atomic E-state index is 0.667. The zero-order valence-electron chi connectivity index (χ0n) is 7.13. The van der Waals surface area contributed by atoms with Gasteiger partial charge in [0.05, 0.1) is 6.61 Å². The molecule has 0 amide bonds. The molecule has 0 radical (unpaired) electrons. The predicted molar refractivity (Wildman–Crippen MR) is 42.1 cm³/mol. The molecule has 1 aliphatic rings. The first kappa shape index (κ1) is 8.02. The van der Waals surface area contributed by atoms with Gasteiger partial charge in [-0.3, -0.25) is 4.90 Å². The number of nitrogens with zero attached hydrogens (tertiary/aromatic N) is 1. The van der Waals surface area contributed by atoms with Crippen LogP contribution in [0.25, 0.3) is 0 Å². The average Bonchev–Trinajstić information content (AvgIpc) is 2.20. The summed E-state index contributed by atoms with van der Waals surface area (Å²) in [6.45, 7) is 3.16. The van der Waals surface area contributed by atoms with E-state index in [1.165, 1.54) is 12.8 Å². The van der Waals surface area contributed by atoms with Crippen molar-refractivity contribution in [3.05, 3.63) is 0 Å². The molecule has 1 aliphatic heterocycles. The van der Waals surface area contributed by atoms with E-state index in [2.05, 4.69) is 18.9 Å². The molecule has 1 fully saturated rings. The third kappa shape index (κ3) is 1.50. The standard InChI is InChI=1S/C8H17NO/c1-7-4-5-8(6-10-3)9(7)2/h7-8H,4-6H2,1-3H3/t7-,8+/m0/s1. The Labute approximate surface area is 63.2 Å². The topological polar surface area (TPSA) is 12.5 Å². The average molecular weight is 143 g/mol. The van der Waals surface area contributed by atoms with Crippen LogP contribution in [-0.2, 0) is 4.74 Å². The van der Waals surface area contributed by atoms with E-state index in [0.717, 1.165) is 12.6 Å². The molecular weight excluding hydrogens is 126 g/mol. The highest BCUT2D eigenvalue weighted by Crippen LogP contribution is 2.21. The molecular formula is C8H17NO. The number of methoxy groups -OCH3 is 1. The minimum Gasteiger partial charge on any atom is -0.383 e. The molecule has 0 saturated carbocycles. The van der Waals surface area contributed by atoms with E-state index in [0.29, 0.717) is 6.04 Å². The SMILES string of the molecule is COC[C@H]1CC[C@H](C)N1C. The molecule has 0 spiro atoms. The van der Waals surface area contributed by atoms with Crippen LogP contribution < -0.4 is 0 Å². The van der Waals surface area contributed by atoms with Crippen LogP contribution in [0, 0.1) is 0 Å². The smallest absolute Gasteiger partial charge is 0.0618 e. The number of hydrogen-bond acceptors (Lipinski definition) is 2. The lowest BCUT2D eigenvalue weighted by molar-refractivity contribution is 0.117. The lowest BCUT2D eigenvalue weighted by atomic mass is 10.2. The molecule has 0 unspecified atom stereocenters. The fourth-order valence-corrected chi connectivity index (χ4v) is 1.59. The lowest BCUT2D eigenvalue weighted by Crippen LogP contribution is -2.33. The van der Waals surface area contributed by atoms with Gasteiger partial charge in [-0.05, 0) is 26.8 Å². The van der Waals surface area contributed by atoms with Gasteiger partial charge in [0, 0.05) is 19.2 Å². The van der Waals surface area contributed by atoms with Crippen molar-refractivity contribution in [3.63, 3.8) is 0 Å². The first-order chi connectivity index (χ1) is 4.75. The minimum absolute atomic E-state index is 0.667. The van der Waals surface area contributed by atoms with Crippen molar-refractivity contribution in [1.29, 1.82) is 0 Å². The number of likely N-dealkylation sites (tertiary alicyclic amines) is 1. The van der Waals surface area contributed by atoms with Gasteiger partial charge in [0.2, 0.25) is 0 Å². The molecule has 0 aromatic carbocycles. The third-order valence-electron chi connectivity index (χ3n) is 2.55. The first-order valence-electron chi connectivity index (χ1n) is 3.96. The van der Waals surface area contributed by atoms with Gasteiger partial charge >= 0.3 is 0 Å². The number of ether oxygens (including phenoxy) is 1. The maximum atomic E-state index is 5.10. The molecule has 0 bridgehead atoms. The van der Waals surface area contributed by atoms with Crippen molar-refractivity contribution in [2.45, 2.75) is 31.8 Å².